The molecular formula is C12H12ClNO6. The predicted octanol–water partition coefficient (Wildman–Crippen LogP) is 2.36. The normalized spacial score (nSPS) is 11.6. The van der Waals surface area contributed by atoms with E-state index in [2.05, 4.69) is 4.74 Å². The van der Waals surface area contributed by atoms with Gasteiger partial charge in [-0.05, 0) is 26.0 Å². The summed E-state index contributed by atoms with van der Waals surface area (Å²) in [5.74, 6) is -1.56. The topological polar surface area (TPSA) is 95.7 Å². The first-order valence-corrected chi connectivity index (χ1v) is 6.06. The molecule has 1 aromatic carbocycles. The van der Waals surface area contributed by atoms with E-state index in [0.717, 1.165) is 6.07 Å². The molecule has 0 aromatic heterocycles. The molecule has 1 atom stereocenters. The second kappa shape index (κ2) is 6.85. The smallest absolute Gasteiger partial charge is 0.347 e. The van der Waals surface area contributed by atoms with E-state index in [9.17, 15) is 19.7 Å². The number of hydrogen-bond donors (Lipinski definition) is 0. The number of rotatable bonds is 5. The molecule has 20 heavy (non-hydrogen) atoms. The Labute approximate surface area is 119 Å². The van der Waals surface area contributed by atoms with Crippen LogP contribution < -0.4 is 0 Å². The van der Waals surface area contributed by atoms with Crippen LogP contribution in [-0.2, 0) is 14.3 Å². The first kappa shape index (κ1) is 15.9. The van der Waals surface area contributed by atoms with Crippen LogP contribution in [0.25, 0.3) is 0 Å². The van der Waals surface area contributed by atoms with Gasteiger partial charge in [0.15, 0.2) is 6.10 Å². The lowest BCUT2D eigenvalue weighted by Crippen LogP contribution is -2.26. The minimum atomic E-state index is -1.10. The number of halogens is 1. The quantitative estimate of drug-likeness (QED) is 0.470. The SMILES string of the molecule is CCOC(=O)[C@@H](C)OC(=O)c1ccc(Cl)c([N+](=O)[O-])c1. The van der Waals surface area contributed by atoms with Crippen molar-refractivity contribution in [2.24, 2.45) is 0 Å². The summed E-state index contributed by atoms with van der Waals surface area (Å²) < 4.78 is 9.52. The number of nitrogens with zero attached hydrogens (tertiary/aromatic N) is 1. The molecular weight excluding hydrogens is 290 g/mol. The van der Waals surface area contributed by atoms with Crippen LogP contribution in [-0.4, -0.2) is 29.6 Å². The Bertz CT molecular complexity index is 545. The lowest BCUT2D eigenvalue weighted by molar-refractivity contribution is -0.384. The van der Waals surface area contributed by atoms with E-state index in [0.29, 0.717) is 0 Å². The molecule has 1 aromatic rings. The average Bonchev–Trinajstić information content (AvgIpc) is 2.38. The van der Waals surface area contributed by atoms with Crippen LogP contribution in [0, 0.1) is 10.1 Å². The van der Waals surface area contributed by atoms with Crippen LogP contribution in [0.5, 0.6) is 0 Å². The lowest BCUT2D eigenvalue weighted by atomic mass is 10.2. The van der Waals surface area contributed by atoms with Gasteiger partial charge >= 0.3 is 11.9 Å². The third kappa shape index (κ3) is 3.92. The van der Waals surface area contributed by atoms with Crippen LogP contribution in [0.2, 0.25) is 5.02 Å². The number of hydrogen-bond acceptors (Lipinski definition) is 6. The number of benzene rings is 1. The standard InChI is InChI=1S/C12H12ClNO6/c1-3-19-11(15)7(2)20-12(16)8-4-5-9(13)10(6-8)14(17)18/h4-7H,3H2,1-2H3/t7-/m1/s1. The van der Waals surface area contributed by atoms with Gasteiger partial charge in [-0.2, -0.15) is 0 Å². The molecule has 108 valence electrons. The van der Waals surface area contributed by atoms with Crippen molar-refractivity contribution in [1.29, 1.82) is 0 Å². The van der Waals surface area contributed by atoms with Crippen LogP contribution in [0.4, 0.5) is 5.69 Å². The molecule has 0 radical (unpaired) electrons. The Kier molecular flexibility index (Phi) is 5.45. The van der Waals surface area contributed by atoms with Crippen molar-refractivity contribution in [2.75, 3.05) is 6.61 Å². The van der Waals surface area contributed by atoms with Crippen LogP contribution in [0.15, 0.2) is 18.2 Å². The lowest BCUT2D eigenvalue weighted by Gasteiger charge is -2.11. The van der Waals surface area contributed by atoms with Crippen molar-refractivity contribution >= 4 is 29.2 Å². The minimum Gasteiger partial charge on any atom is -0.463 e. The molecule has 0 saturated carbocycles. The molecule has 8 heteroatoms. The van der Waals surface area contributed by atoms with Gasteiger partial charge in [-0.15, -0.1) is 0 Å². The molecule has 0 fully saturated rings. The maximum absolute atomic E-state index is 11.8. The van der Waals surface area contributed by atoms with Gasteiger partial charge in [-0.25, -0.2) is 9.59 Å². The second-order valence-corrected chi connectivity index (χ2v) is 4.13. The van der Waals surface area contributed by atoms with E-state index in [1.165, 1.54) is 19.1 Å². The molecule has 0 unspecified atom stereocenters. The van der Waals surface area contributed by atoms with E-state index in [1.54, 1.807) is 6.92 Å². The maximum Gasteiger partial charge on any atom is 0.347 e. The first-order chi connectivity index (χ1) is 9.36. The monoisotopic (exact) mass is 301 g/mol. The molecule has 0 saturated heterocycles. The van der Waals surface area contributed by atoms with Crippen molar-refractivity contribution in [3.8, 4) is 0 Å². The van der Waals surface area contributed by atoms with Gasteiger partial charge in [0.2, 0.25) is 0 Å². The second-order valence-electron chi connectivity index (χ2n) is 3.72. The highest BCUT2D eigenvalue weighted by atomic mass is 35.5. The maximum atomic E-state index is 11.8. The van der Waals surface area contributed by atoms with Gasteiger partial charge < -0.3 is 9.47 Å². The summed E-state index contributed by atoms with van der Waals surface area (Å²) in [6.07, 6.45) is -1.10. The number of nitro benzene ring substituents is 1. The zero-order valence-corrected chi connectivity index (χ0v) is 11.5. The van der Waals surface area contributed by atoms with E-state index in [-0.39, 0.29) is 17.2 Å². The summed E-state index contributed by atoms with van der Waals surface area (Å²) in [4.78, 5) is 33.1. The zero-order valence-electron chi connectivity index (χ0n) is 10.8. The molecule has 0 bridgehead atoms. The molecule has 1 rings (SSSR count). The third-order valence-corrected chi connectivity index (χ3v) is 2.60. The highest BCUT2D eigenvalue weighted by Crippen LogP contribution is 2.25. The largest absolute Gasteiger partial charge is 0.463 e. The third-order valence-electron chi connectivity index (χ3n) is 2.28. The average molecular weight is 302 g/mol. The van der Waals surface area contributed by atoms with Gasteiger partial charge in [0.25, 0.3) is 5.69 Å². The fraction of sp³-hybridized carbons (Fsp3) is 0.333. The van der Waals surface area contributed by atoms with Crippen LogP contribution >= 0.6 is 11.6 Å². The fourth-order valence-corrected chi connectivity index (χ4v) is 1.50. The molecule has 0 N–H and O–H groups in total. The molecule has 0 aliphatic carbocycles. The molecule has 0 spiro atoms. The minimum absolute atomic E-state index is 0.0720. The summed E-state index contributed by atoms with van der Waals surface area (Å²) >= 11 is 5.63. The molecule has 0 heterocycles. The van der Waals surface area contributed by atoms with Crippen molar-refractivity contribution in [1.82, 2.24) is 0 Å². The van der Waals surface area contributed by atoms with E-state index >= 15 is 0 Å². The highest BCUT2D eigenvalue weighted by molar-refractivity contribution is 6.32. The highest BCUT2D eigenvalue weighted by Gasteiger charge is 2.22. The van der Waals surface area contributed by atoms with Crippen LogP contribution in [0.3, 0.4) is 0 Å². The molecule has 7 nitrogen and oxygen atoms in total. The number of carbonyl (C=O) groups is 2. The van der Waals surface area contributed by atoms with E-state index < -0.39 is 28.7 Å². The van der Waals surface area contributed by atoms with E-state index in [4.69, 9.17) is 16.3 Å². The van der Waals surface area contributed by atoms with Crippen molar-refractivity contribution in [3.05, 3.63) is 38.9 Å². The molecule has 0 amide bonds. The summed E-state index contributed by atoms with van der Waals surface area (Å²) in [5, 5.41) is 10.6. The van der Waals surface area contributed by atoms with Crippen molar-refractivity contribution < 1.29 is 24.0 Å². The summed E-state index contributed by atoms with van der Waals surface area (Å²) in [6, 6.07) is 3.48. The van der Waals surface area contributed by atoms with E-state index in [1.807, 2.05) is 0 Å². The van der Waals surface area contributed by atoms with Gasteiger partial charge in [0, 0.05) is 6.07 Å². The van der Waals surface area contributed by atoms with Gasteiger partial charge in [0.05, 0.1) is 17.1 Å². The van der Waals surface area contributed by atoms with Crippen molar-refractivity contribution in [2.45, 2.75) is 20.0 Å². The van der Waals surface area contributed by atoms with Crippen LogP contribution in [0.1, 0.15) is 24.2 Å². The first-order valence-electron chi connectivity index (χ1n) is 5.68. The molecule has 0 aliphatic rings. The van der Waals surface area contributed by atoms with Gasteiger partial charge in [-0.3, -0.25) is 10.1 Å². The summed E-state index contributed by atoms with van der Waals surface area (Å²) in [7, 11) is 0. The molecule has 0 aliphatic heterocycles. The Hall–Kier alpha value is -2.15. The van der Waals surface area contributed by atoms with Crippen molar-refractivity contribution in [3.63, 3.8) is 0 Å². The summed E-state index contributed by atoms with van der Waals surface area (Å²) in [5.41, 5.74) is -0.484. The Morgan fingerprint density at radius 1 is 1.45 bits per heavy atom. The summed E-state index contributed by atoms with van der Waals surface area (Å²) in [6.45, 7) is 3.13. The van der Waals surface area contributed by atoms with Gasteiger partial charge in [-0.1, -0.05) is 11.6 Å². The number of carbonyl (C=O) groups excluding carboxylic acids is 2. The predicted molar refractivity (Wildman–Crippen MR) is 69.6 cm³/mol. The Morgan fingerprint density at radius 2 is 2.10 bits per heavy atom. The zero-order chi connectivity index (χ0) is 15.3. The number of ether oxygens (including phenoxy) is 2. The Balaban J connectivity index is 2.85. The number of esters is 2. The number of nitro groups is 1. The Morgan fingerprint density at radius 3 is 2.65 bits per heavy atom. The fourth-order valence-electron chi connectivity index (χ4n) is 1.32. The van der Waals surface area contributed by atoms with Gasteiger partial charge in [0.1, 0.15) is 5.02 Å².